The van der Waals surface area contributed by atoms with E-state index in [4.69, 9.17) is 11.6 Å². The molecule has 2 heterocycles. The number of aromatic amines is 1. The number of unbranched alkanes of at least 4 members (excludes halogenated alkanes) is 1. The van der Waals surface area contributed by atoms with Gasteiger partial charge in [0.25, 0.3) is 11.8 Å². The number of thioether (sulfide) groups is 1. The van der Waals surface area contributed by atoms with Crippen LogP contribution in [0.3, 0.4) is 0 Å². The highest BCUT2D eigenvalue weighted by molar-refractivity contribution is 7.99. The number of hydrogen-bond acceptors (Lipinski definition) is 5. The largest absolute Gasteiger partial charge is 0.274 e. The first-order valence-corrected chi connectivity index (χ1v) is 10.3. The summed E-state index contributed by atoms with van der Waals surface area (Å²) < 4.78 is 0. The van der Waals surface area contributed by atoms with Crippen LogP contribution < -0.4 is 0 Å². The number of carbonyl (C=O) groups excluding carboxylic acids is 2. The van der Waals surface area contributed by atoms with E-state index in [1.54, 1.807) is 36.0 Å². The smallest absolute Gasteiger partial charge is 0.261 e. The van der Waals surface area contributed by atoms with E-state index in [-0.39, 0.29) is 11.8 Å². The normalized spacial score (nSPS) is 13.2. The Balaban J connectivity index is 1.24. The number of nitrogens with zero attached hydrogens (tertiary/aromatic N) is 3. The Labute approximate surface area is 171 Å². The van der Waals surface area contributed by atoms with E-state index in [1.165, 1.54) is 4.90 Å². The molecule has 1 N–H and O–H groups in total. The van der Waals surface area contributed by atoms with Crippen molar-refractivity contribution in [3.8, 4) is 11.4 Å². The second kappa shape index (κ2) is 8.16. The third-order valence-corrected chi connectivity index (χ3v) is 5.65. The van der Waals surface area contributed by atoms with Crippen LogP contribution in [0.2, 0.25) is 5.02 Å². The van der Waals surface area contributed by atoms with Crippen molar-refractivity contribution in [2.75, 3.05) is 12.3 Å². The fourth-order valence-corrected chi connectivity index (χ4v) is 3.95. The monoisotopic (exact) mass is 412 g/mol. The number of benzene rings is 2. The Bertz CT molecular complexity index is 984. The minimum Gasteiger partial charge on any atom is -0.274 e. The first kappa shape index (κ1) is 18.7. The van der Waals surface area contributed by atoms with Crippen LogP contribution in [0.1, 0.15) is 33.6 Å². The van der Waals surface area contributed by atoms with E-state index in [2.05, 4.69) is 15.2 Å². The summed E-state index contributed by atoms with van der Waals surface area (Å²) in [6, 6.07) is 14.4. The number of aromatic nitrogens is 3. The van der Waals surface area contributed by atoms with Crippen molar-refractivity contribution in [1.29, 1.82) is 0 Å². The number of halogens is 1. The molecule has 0 spiro atoms. The van der Waals surface area contributed by atoms with Crippen LogP contribution >= 0.6 is 23.4 Å². The molecule has 6 nitrogen and oxygen atoms in total. The summed E-state index contributed by atoms with van der Waals surface area (Å²) in [5.41, 5.74) is 1.92. The second-order valence-electron chi connectivity index (χ2n) is 6.34. The lowest BCUT2D eigenvalue weighted by atomic mass is 10.1. The Morgan fingerprint density at radius 1 is 0.964 bits per heavy atom. The predicted molar refractivity (Wildman–Crippen MR) is 109 cm³/mol. The molecule has 1 aromatic heterocycles. The van der Waals surface area contributed by atoms with Crippen molar-refractivity contribution in [3.63, 3.8) is 0 Å². The number of fused-ring (bicyclic) bond motifs is 1. The molecule has 3 aromatic rings. The molecule has 4 rings (SSSR count). The minimum absolute atomic E-state index is 0.199. The highest BCUT2D eigenvalue weighted by Crippen LogP contribution is 2.24. The molecule has 2 amide bonds. The van der Waals surface area contributed by atoms with E-state index in [9.17, 15) is 9.59 Å². The third-order valence-electron chi connectivity index (χ3n) is 4.47. The van der Waals surface area contributed by atoms with E-state index < -0.39 is 0 Å². The average Bonchev–Trinajstić information content (AvgIpc) is 3.27. The molecule has 0 atom stereocenters. The fraction of sp³-hybridized carbons (Fsp3) is 0.200. The molecule has 0 radical (unpaired) electrons. The highest BCUT2D eigenvalue weighted by Gasteiger charge is 2.34. The van der Waals surface area contributed by atoms with E-state index in [0.717, 1.165) is 24.2 Å². The lowest BCUT2D eigenvalue weighted by molar-refractivity contribution is 0.0652. The summed E-state index contributed by atoms with van der Waals surface area (Å²) >= 11 is 7.44. The molecule has 142 valence electrons. The number of nitrogens with one attached hydrogen (secondary N) is 1. The molecular weight excluding hydrogens is 396 g/mol. The van der Waals surface area contributed by atoms with E-state index in [0.29, 0.717) is 33.7 Å². The number of H-pyrrole nitrogens is 1. The van der Waals surface area contributed by atoms with Crippen LogP contribution in [0.4, 0.5) is 0 Å². The van der Waals surface area contributed by atoms with Crippen molar-refractivity contribution < 1.29 is 9.59 Å². The first-order chi connectivity index (χ1) is 13.6. The number of imide groups is 1. The van der Waals surface area contributed by atoms with Gasteiger partial charge in [0.15, 0.2) is 5.82 Å². The van der Waals surface area contributed by atoms with Gasteiger partial charge in [-0.15, -0.1) is 5.10 Å². The summed E-state index contributed by atoms with van der Waals surface area (Å²) in [4.78, 5) is 30.4. The predicted octanol–water partition coefficient (Wildman–Crippen LogP) is 4.29. The van der Waals surface area contributed by atoms with Gasteiger partial charge in [0, 0.05) is 22.9 Å². The minimum atomic E-state index is -0.199. The van der Waals surface area contributed by atoms with Gasteiger partial charge in [0.1, 0.15) is 0 Å². The molecule has 0 unspecified atom stereocenters. The highest BCUT2D eigenvalue weighted by atomic mass is 35.5. The molecular formula is C20H17ClN4O2S. The molecule has 0 saturated heterocycles. The Kier molecular flexibility index (Phi) is 5.45. The molecule has 0 bridgehead atoms. The van der Waals surface area contributed by atoms with Gasteiger partial charge in [-0.2, -0.15) is 0 Å². The Hall–Kier alpha value is -2.64. The van der Waals surface area contributed by atoms with Crippen LogP contribution in [-0.4, -0.2) is 44.2 Å². The maximum absolute atomic E-state index is 12.3. The van der Waals surface area contributed by atoms with Gasteiger partial charge in [-0.05, 0) is 49.2 Å². The van der Waals surface area contributed by atoms with E-state index in [1.807, 2.05) is 24.3 Å². The molecule has 2 aromatic carbocycles. The lowest BCUT2D eigenvalue weighted by Gasteiger charge is -2.13. The standard InChI is InChI=1S/C20H17ClN4O2S/c21-14-9-7-13(8-10-14)17-22-20(24-23-17)28-12-4-3-11-25-18(26)15-5-1-2-6-16(15)19(25)27/h1-2,5-10H,3-4,11-12H2,(H,22,23,24). The lowest BCUT2D eigenvalue weighted by Crippen LogP contribution is -2.30. The van der Waals surface area contributed by atoms with Crippen LogP contribution in [0.25, 0.3) is 11.4 Å². The Morgan fingerprint density at radius 3 is 2.32 bits per heavy atom. The first-order valence-electron chi connectivity index (χ1n) is 8.90. The molecule has 28 heavy (non-hydrogen) atoms. The van der Waals surface area contributed by atoms with Gasteiger partial charge in [0.05, 0.1) is 11.1 Å². The van der Waals surface area contributed by atoms with Crippen LogP contribution in [0, 0.1) is 0 Å². The van der Waals surface area contributed by atoms with Crippen LogP contribution in [0.5, 0.6) is 0 Å². The summed E-state index contributed by atoms with van der Waals surface area (Å²) in [6.45, 7) is 0.428. The summed E-state index contributed by atoms with van der Waals surface area (Å²) in [7, 11) is 0. The molecule has 0 saturated carbocycles. The van der Waals surface area contributed by atoms with Crippen LogP contribution in [-0.2, 0) is 0 Å². The maximum Gasteiger partial charge on any atom is 0.261 e. The molecule has 0 fully saturated rings. The van der Waals surface area contributed by atoms with Gasteiger partial charge in [-0.3, -0.25) is 19.6 Å². The summed E-state index contributed by atoms with van der Waals surface area (Å²) in [5.74, 6) is 1.11. The molecule has 1 aliphatic rings. The van der Waals surface area contributed by atoms with Crippen molar-refractivity contribution in [3.05, 3.63) is 64.7 Å². The SMILES string of the molecule is O=C1c2ccccc2C(=O)N1CCCCSc1n[nH]c(-c2ccc(Cl)cc2)n1. The van der Waals surface area contributed by atoms with Gasteiger partial charge in [0.2, 0.25) is 5.16 Å². The van der Waals surface area contributed by atoms with E-state index >= 15 is 0 Å². The van der Waals surface area contributed by atoms with Gasteiger partial charge >= 0.3 is 0 Å². The molecule has 0 aliphatic carbocycles. The van der Waals surface area contributed by atoms with Crippen LogP contribution in [0.15, 0.2) is 53.7 Å². The average molecular weight is 413 g/mol. The zero-order valence-electron chi connectivity index (χ0n) is 14.9. The number of amides is 2. The maximum atomic E-state index is 12.3. The van der Waals surface area contributed by atoms with Gasteiger partial charge in [-0.25, -0.2) is 4.98 Å². The Morgan fingerprint density at radius 2 is 1.64 bits per heavy atom. The topological polar surface area (TPSA) is 79.0 Å². The number of rotatable bonds is 7. The summed E-state index contributed by atoms with van der Waals surface area (Å²) in [6.07, 6.45) is 1.59. The second-order valence-corrected chi connectivity index (χ2v) is 7.84. The number of hydrogen-bond donors (Lipinski definition) is 1. The third kappa shape index (κ3) is 3.81. The quantitative estimate of drug-likeness (QED) is 0.355. The van der Waals surface area contributed by atoms with Crippen molar-refractivity contribution >= 4 is 35.2 Å². The zero-order chi connectivity index (χ0) is 19.5. The zero-order valence-corrected chi connectivity index (χ0v) is 16.5. The van der Waals surface area contributed by atoms with Gasteiger partial charge in [-0.1, -0.05) is 35.5 Å². The summed E-state index contributed by atoms with van der Waals surface area (Å²) in [5, 5.41) is 8.49. The van der Waals surface area contributed by atoms with Crippen molar-refractivity contribution in [2.45, 2.75) is 18.0 Å². The number of carbonyl (C=O) groups is 2. The van der Waals surface area contributed by atoms with Crippen molar-refractivity contribution in [2.24, 2.45) is 0 Å². The molecule has 8 heteroatoms. The van der Waals surface area contributed by atoms with Crippen molar-refractivity contribution in [1.82, 2.24) is 20.1 Å². The van der Waals surface area contributed by atoms with Gasteiger partial charge < -0.3 is 0 Å². The fourth-order valence-electron chi connectivity index (χ4n) is 3.03. The molecule has 1 aliphatic heterocycles.